The van der Waals surface area contributed by atoms with E-state index in [1.807, 2.05) is 10.7 Å². The summed E-state index contributed by atoms with van der Waals surface area (Å²) in [6, 6.07) is 17.4. The van der Waals surface area contributed by atoms with E-state index in [4.69, 9.17) is 17.0 Å². The number of hydrogen-bond acceptors (Lipinski definition) is 0. The third-order valence-corrected chi connectivity index (χ3v) is 17.5. The molecule has 2 aromatic carbocycles. The fraction of sp³-hybridized carbons (Fsp3) is 0.294. The summed E-state index contributed by atoms with van der Waals surface area (Å²) < 4.78 is 4.91. The summed E-state index contributed by atoms with van der Waals surface area (Å²) in [4.78, 5) is 0. The second-order valence-electron chi connectivity index (χ2n) is 11.1. The van der Waals surface area contributed by atoms with Gasteiger partial charge in [0.25, 0.3) is 0 Å². The largest absolute Gasteiger partial charge is 1.00 e. The number of hydrogen-bond donors (Lipinski definition) is 0. The summed E-state index contributed by atoms with van der Waals surface area (Å²) in [5.41, 5.74) is 10.6. The molecule has 6 rings (SSSR count). The number of fused-ring (bicyclic) bond motifs is 2. The average molecular weight is 770 g/mol. The Hall–Kier alpha value is -0.194. The van der Waals surface area contributed by atoms with Gasteiger partial charge in [-0.1, -0.05) is 72.8 Å². The maximum Gasteiger partial charge on any atom is -1.00 e. The van der Waals surface area contributed by atoms with Crippen LogP contribution in [0.15, 0.2) is 102 Å². The van der Waals surface area contributed by atoms with Crippen LogP contribution in [0.3, 0.4) is 0 Å². The minimum Gasteiger partial charge on any atom is -1.00 e. The third-order valence-electron chi connectivity index (χ3n) is 8.46. The molecule has 0 aromatic heterocycles. The smallest absolute Gasteiger partial charge is 1.00 e. The standard InChI is InChI=1S/C18H14.C10H15.C5H5.CH3.4ClH.2Zr/c1-3-7-15-13(5-1)9-11-17(15)18-12-10-14-6-2-4-8-16(14)18;1-7-6-10(4,5)9(3)8(7)2;1-2-4-5-3-1;;;;;;;/h1-12,17-18H;1-5H3;1-3H,4H2;1H3;4*1H;;/q;;;;;;;;2*+2/p-4. The Morgan fingerprint density at radius 3 is 1.57 bits per heavy atom. The van der Waals surface area contributed by atoms with Crippen molar-refractivity contribution >= 4 is 29.2 Å². The molecule has 0 saturated carbocycles. The predicted octanol–water partition coefficient (Wildman–Crippen LogP) is 5.14. The van der Waals surface area contributed by atoms with Gasteiger partial charge < -0.3 is 24.8 Å². The van der Waals surface area contributed by atoms with Gasteiger partial charge in [0.05, 0.1) is 0 Å². The first-order valence-electron chi connectivity index (χ1n) is 13.3. The van der Waals surface area contributed by atoms with Gasteiger partial charge in [-0.15, -0.1) is 0 Å². The molecule has 0 spiro atoms. The molecule has 209 valence electrons. The van der Waals surface area contributed by atoms with Gasteiger partial charge >= 0.3 is 152 Å². The van der Waals surface area contributed by atoms with Crippen molar-refractivity contribution in [2.75, 3.05) is 0 Å². The van der Waals surface area contributed by atoms with Crippen LogP contribution in [0.4, 0.5) is 0 Å². The minimum atomic E-state index is -2.65. The minimum absolute atomic E-state index is 0. The maximum absolute atomic E-state index is 6.01. The van der Waals surface area contributed by atoms with Crippen LogP contribution >= 0.6 is 17.0 Å². The summed E-state index contributed by atoms with van der Waals surface area (Å²) >= 11 is -1.07. The van der Waals surface area contributed by atoms with Crippen LogP contribution in [0.25, 0.3) is 12.2 Å². The molecule has 0 heterocycles. The Kier molecular flexibility index (Phi) is 13.5. The number of benzene rings is 2. The molecule has 0 nitrogen and oxygen atoms in total. The molecule has 2 atom stereocenters. The summed E-state index contributed by atoms with van der Waals surface area (Å²) in [6.45, 7) is 11.4. The molecule has 0 radical (unpaired) electrons. The molecule has 4 aliphatic rings. The topological polar surface area (TPSA) is 0 Å². The first kappa shape index (κ1) is 36.0. The van der Waals surface area contributed by atoms with Crippen molar-refractivity contribution in [3.05, 3.63) is 124 Å². The number of halogens is 4. The van der Waals surface area contributed by atoms with Crippen molar-refractivity contribution in [3.8, 4) is 0 Å². The van der Waals surface area contributed by atoms with E-state index in [9.17, 15) is 0 Å². The van der Waals surface area contributed by atoms with Crippen LogP contribution in [0.5, 0.6) is 0 Å². The van der Waals surface area contributed by atoms with Gasteiger partial charge in [-0.3, -0.25) is 0 Å². The van der Waals surface area contributed by atoms with E-state index >= 15 is 0 Å². The van der Waals surface area contributed by atoms with E-state index in [1.165, 1.54) is 36.7 Å². The van der Waals surface area contributed by atoms with Crippen LogP contribution in [0, 0.1) is 5.41 Å². The van der Waals surface area contributed by atoms with E-state index in [2.05, 4.69) is 120 Å². The number of rotatable bonds is 2. The second kappa shape index (κ2) is 15.0. The van der Waals surface area contributed by atoms with E-state index in [0.29, 0.717) is 17.3 Å². The first-order chi connectivity index (χ1) is 17.9. The molecule has 0 fully saturated rings. The molecule has 0 aliphatic heterocycles. The Bertz CT molecular complexity index is 1320. The summed E-state index contributed by atoms with van der Waals surface area (Å²) in [5, 5.41) is 0. The first-order valence-corrected chi connectivity index (χ1v) is 24.6. The molecule has 0 amide bonds. The van der Waals surface area contributed by atoms with Crippen LogP contribution in [-0.4, -0.2) is 0 Å². The van der Waals surface area contributed by atoms with Crippen molar-refractivity contribution in [1.29, 1.82) is 0 Å². The van der Waals surface area contributed by atoms with Crippen LogP contribution < -0.4 is 24.8 Å². The normalized spacial score (nSPS) is 21.0. The second-order valence-corrected chi connectivity index (χ2v) is 28.4. The average Bonchev–Trinajstić information content (AvgIpc) is 3.68. The Morgan fingerprint density at radius 1 is 0.800 bits per heavy atom. The van der Waals surface area contributed by atoms with E-state index < -0.39 is 17.9 Å². The molecular weight excluding hydrogens is 733 g/mol. The van der Waals surface area contributed by atoms with Gasteiger partial charge in [0.1, 0.15) is 0 Å². The van der Waals surface area contributed by atoms with Crippen LogP contribution in [-0.2, 0) is 42.6 Å². The fourth-order valence-corrected chi connectivity index (χ4v) is 10.3. The summed E-state index contributed by atoms with van der Waals surface area (Å²) in [7, 11) is 12.0. The summed E-state index contributed by atoms with van der Waals surface area (Å²) in [6.07, 6.45) is 16.4. The SMILES string of the molecule is C1=CC(C2C=Cc3ccccc32)c2ccccc21.CC1=C(C)C(C)(C)[C]([Zr+2])=C1C.[CH3][Zr]([Cl])([Cl])[C]1=CC=CC1.[Cl-].[Cl-]. The van der Waals surface area contributed by atoms with Crippen molar-refractivity contribution < 1.29 is 67.4 Å². The van der Waals surface area contributed by atoms with E-state index in [1.54, 1.807) is 33.6 Å². The quantitative estimate of drug-likeness (QED) is 0.398. The molecule has 0 bridgehead atoms. The van der Waals surface area contributed by atoms with Crippen LogP contribution in [0.2, 0.25) is 4.63 Å². The zero-order chi connectivity index (χ0) is 27.7. The summed E-state index contributed by atoms with van der Waals surface area (Å²) in [5.74, 6) is 1.00. The van der Waals surface area contributed by atoms with Crippen LogP contribution in [0.1, 0.15) is 75.1 Å². The van der Waals surface area contributed by atoms with Gasteiger partial charge in [0, 0.05) is 11.8 Å². The van der Waals surface area contributed by atoms with Crippen molar-refractivity contribution in [2.24, 2.45) is 5.41 Å². The molecule has 0 saturated heterocycles. The van der Waals surface area contributed by atoms with Gasteiger partial charge in [0.15, 0.2) is 0 Å². The van der Waals surface area contributed by atoms with Gasteiger partial charge in [-0.05, 0) is 22.3 Å². The van der Waals surface area contributed by atoms with E-state index in [0.717, 1.165) is 6.42 Å². The molecule has 2 aromatic rings. The van der Waals surface area contributed by atoms with Gasteiger partial charge in [0.2, 0.25) is 0 Å². The monoisotopic (exact) mass is 765 g/mol. The third kappa shape index (κ3) is 7.84. The predicted molar refractivity (Wildman–Crippen MR) is 161 cm³/mol. The molecule has 4 aliphatic carbocycles. The zero-order valence-corrected chi connectivity index (χ0v) is 32.0. The molecule has 0 N–H and O–H groups in total. The van der Waals surface area contributed by atoms with Crippen molar-refractivity contribution in [1.82, 2.24) is 0 Å². The molecular formula is C34H37Cl4Zr2. The van der Waals surface area contributed by atoms with Gasteiger partial charge in [-0.25, -0.2) is 0 Å². The molecule has 2 unspecified atom stereocenters. The van der Waals surface area contributed by atoms with Crippen molar-refractivity contribution in [3.63, 3.8) is 0 Å². The Balaban J connectivity index is 0.000000222. The molecule has 40 heavy (non-hydrogen) atoms. The van der Waals surface area contributed by atoms with Crippen molar-refractivity contribution in [2.45, 2.75) is 57.5 Å². The van der Waals surface area contributed by atoms with E-state index in [-0.39, 0.29) is 24.8 Å². The number of allylic oxidation sites excluding steroid dienone is 10. The Labute approximate surface area is 281 Å². The molecule has 6 heteroatoms. The fourth-order valence-electron chi connectivity index (χ4n) is 5.55. The zero-order valence-electron chi connectivity index (χ0n) is 24.0. The maximum atomic E-state index is 6.01. The Morgan fingerprint density at radius 2 is 1.27 bits per heavy atom. The van der Waals surface area contributed by atoms with Gasteiger partial charge in [-0.2, -0.15) is 0 Å².